The van der Waals surface area contributed by atoms with Gasteiger partial charge in [0.2, 0.25) is 11.6 Å². The molecule has 3 rings (SSSR count). The minimum absolute atomic E-state index is 0.00974. The van der Waals surface area contributed by atoms with Crippen LogP contribution in [0.1, 0.15) is 65.7 Å². The van der Waals surface area contributed by atoms with Crippen LogP contribution >= 0.6 is 0 Å². The van der Waals surface area contributed by atoms with Crippen molar-refractivity contribution in [1.82, 2.24) is 5.32 Å². The number of rotatable bonds is 6. The van der Waals surface area contributed by atoms with E-state index in [-0.39, 0.29) is 40.8 Å². The third-order valence-electron chi connectivity index (χ3n) is 8.09. The van der Waals surface area contributed by atoms with Gasteiger partial charge in [-0.25, -0.2) is 0 Å². The third kappa shape index (κ3) is 3.72. The van der Waals surface area contributed by atoms with Crippen LogP contribution in [0.4, 0.5) is 0 Å². The van der Waals surface area contributed by atoms with Gasteiger partial charge >= 0.3 is 5.97 Å². The van der Waals surface area contributed by atoms with E-state index in [9.17, 15) is 19.5 Å². The zero-order valence-corrected chi connectivity index (χ0v) is 18.2. The van der Waals surface area contributed by atoms with Crippen LogP contribution in [0.3, 0.4) is 0 Å². The molecule has 2 saturated carbocycles. The van der Waals surface area contributed by atoms with Crippen molar-refractivity contribution in [1.29, 1.82) is 0 Å². The molecule has 2 fully saturated rings. The van der Waals surface area contributed by atoms with Crippen molar-refractivity contribution >= 4 is 17.5 Å². The van der Waals surface area contributed by atoms with Crippen LogP contribution in [0.2, 0.25) is 0 Å². The molecule has 0 bridgehead atoms. The van der Waals surface area contributed by atoms with Gasteiger partial charge in [-0.2, -0.15) is 0 Å². The average molecular weight is 416 g/mol. The number of aliphatic hydroxyl groups is 1. The SMILES string of the molecule is C=C1CCC[C@H]2[C@](C)(CC3=C(O)C(NCCC(=O)O)=CC(=O)C3=O)[C@@H](C)CC[C@]12C. The number of fused-ring (bicyclic) bond motifs is 1. The second kappa shape index (κ2) is 8.05. The van der Waals surface area contributed by atoms with Crippen molar-refractivity contribution in [2.24, 2.45) is 22.7 Å². The maximum absolute atomic E-state index is 12.7. The van der Waals surface area contributed by atoms with Gasteiger partial charge in [0.15, 0.2) is 0 Å². The van der Waals surface area contributed by atoms with Crippen LogP contribution in [-0.4, -0.2) is 34.3 Å². The summed E-state index contributed by atoms with van der Waals surface area (Å²) >= 11 is 0. The summed E-state index contributed by atoms with van der Waals surface area (Å²) in [5.74, 6) is -1.88. The molecule has 3 aliphatic rings. The lowest BCUT2D eigenvalue weighted by Crippen LogP contribution is -2.51. The summed E-state index contributed by atoms with van der Waals surface area (Å²) in [5, 5.41) is 22.5. The molecule has 3 N–H and O–H groups in total. The maximum Gasteiger partial charge on any atom is 0.305 e. The van der Waals surface area contributed by atoms with Crippen molar-refractivity contribution in [2.75, 3.05) is 6.54 Å². The van der Waals surface area contributed by atoms with Crippen LogP contribution in [0.5, 0.6) is 0 Å². The second-order valence-electron chi connectivity index (χ2n) is 9.74. The molecular formula is C24H33NO5. The molecule has 30 heavy (non-hydrogen) atoms. The molecule has 0 aliphatic heterocycles. The number of Topliss-reactive ketones (excluding diaryl/α,β-unsaturated/α-hetero) is 1. The Morgan fingerprint density at radius 3 is 2.67 bits per heavy atom. The number of nitrogens with one attached hydrogen (secondary N) is 1. The highest BCUT2D eigenvalue weighted by molar-refractivity contribution is 6.48. The van der Waals surface area contributed by atoms with E-state index in [0.717, 1.165) is 38.2 Å². The fourth-order valence-electron chi connectivity index (χ4n) is 5.93. The first-order valence-corrected chi connectivity index (χ1v) is 10.9. The highest BCUT2D eigenvalue weighted by Crippen LogP contribution is 2.63. The molecule has 0 amide bonds. The van der Waals surface area contributed by atoms with Gasteiger partial charge in [-0.1, -0.05) is 32.9 Å². The molecule has 0 aromatic rings. The number of ketones is 2. The largest absolute Gasteiger partial charge is 0.505 e. The zero-order chi connectivity index (χ0) is 22.3. The molecule has 164 valence electrons. The van der Waals surface area contributed by atoms with Crippen molar-refractivity contribution in [3.8, 4) is 0 Å². The summed E-state index contributed by atoms with van der Waals surface area (Å²) in [5.41, 5.74) is 1.32. The summed E-state index contributed by atoms with van der Waals surface area (Å²) in [6.45, 7) is 11.1. The molecule has 0 aromatic heterocycles. The first-order chi connectivity index (χ1) is 14.0. The number of allylic oxidation sites excluding steroid dienone is 3. The quantitative estimate of drug-likeness (QED) is 0.343. The Morgan fingerprint density at radius 1 is 1.30 bits per heavy atom. The van der Waals surface area contributed by atoms with Crippen LogP contribution in [0.15, 0.2) is 35.3 Å². The lowest BCUT2D eigenvalue weighted by atomic mass is 9.46. The number of carbonyl (C=O) groups excluding carboxylic acids is 2. The van der Waals surface area contributed by atoms with E-state index in [1.165, 1.54) is 5.57 Å². The molecule has 0 saturated heterocycles. The standard InChI is InChI=1S/C24H33NO5/c1-14-6-5-7-19-23(14,3)10-8-15(2)24(19,4)13-16-21(29)17(12-18(26)22(16)30)25-11-9-20(27)28/h12,15,19,25,29H,1,5-11,13H2,2-4H3,(H,27,28)/t15-,19+,23+,24+/m0/s1. The van der Waals surface area contributed by atoms with E-state index in [1.807, 2.05) is 0 Å². The zero-order valence-electron chi connectivity index (χ0n) is 18.2. The van der Waals surface area contributed by atoms with Crippen molar-refractivity contribution in [3.63, 3.8) is 0 Å². The van der Waals surface area contributed by atoms with Crippen LogP contribution < -0.4 is 5.32 Å². The summed E-state index contributed by atoms with van der Waals surface area (Å²) in [6, 6.07) is 0. The topological polar surface area (TPSA) is 104 Å². The molecule has 6 heteroatoms. The minimum Gasteiger partial charge on any atom is -0.505 e. The van der Waals surface area contributed by atoms with Crippen molar-refractivity contribution < 1.29 is 24.6 Å². The van der Waals surface area contributed by atoms with Gasteiger partial charge in [0.05, 0.1) is 12.1 Å². The van der Waals surface area contributed by atoms with Gasteiger partial charge < -0.3 is 15.5 Å². The smallest absolute Gasteiger partial charge is 0.305 e. The van der Waals surface area contributed by atoms with E-state index in [4.69, 9.17) is 5.11 Å². The molecule has 0 heterocycles. The van der Waals surface area contributed by atoms with Gasteiger partial charge in [-0.15, -0.1) is 0 Å². The van der Waals surface area contributed by atoms with E-state index in [2.05, 4.69) is 32.7 Å². The monoisotopic (exact) mass is 415 g/mol. The lowest BCUT2D eigenvalue weighted by Gasteiger charge is -2.59. The minimum atomic E-state index is -0.981. The van der Waals surface area contributed by atoms with Crippen LogP contribution in [0.25, 0.3) is 0 Å². The van der Waals surface area contributed by atoms with Gasteiger partial charge in [0.1, 0.15) is 5.76 Å². The lowest BCUT2D eigenvalue weighted by molar-refractivity contribution is -0.136. The number of carboxylic acid groups (broad SMARTS) is 1. The molecular weight excluding hydrogens is 382 g/mol. The fraction of sp³-hybridized carbons (Fsp3) is 0.625. The molecule has 4 atom stereocenters. The molecule has 3 aliphatic carbocycles. The summed E-state index contributed by atoms with van der Waals surface area (Å²) in [7, 11) is 0. The Hall–Kier alpha value is -2.37. The Morgan fingerprint density at radius 2 is 2.00 bits per heavy atom. The normalized spacial score (nSPS) is 34.5. The van der Waals surface area contributed by atoms with Gasteiger partial charge in [-0.05, 0) is 61.2 Å². The van der Waals surface area contributed by atoms with Crippen molar-refractivity contribution in [3.05, 3.63) is 35.3 Å². The molecule has 0 aromatic carbocycles. The van der Waals surface area contributed by atoms with E-state index in [0.29, 0.717) is 18.3 Å². The van der Waals surface area contributed by atoms with Crippen molar-refractivity contribution in [2.45, 2.75) is 65.7 Å². The molecule has 6 nitrogen and oxygen atoms in total. The predicted octanol–water partition coefficient (Wildman–Crippen LogP) is 4.09. The Labute approximate surface area is 178 Å². The first kappa shape index (κ1) is 22.3. The number of hydrogen-bond donors (Lipinski definition) is 3. The van der Waals surface area contributed by atoms with Crippen LogP contribution in [-0.2, 0) is 14.4 Å². The highest BCUT2D eigenvalue weighted by Gasteiger charge is 2.54. The van der Waals surface area contributed by atoms with Gasteiger partial charge in [0.25, 0.3) is 0 Å². The maximum atomic E-state index is 12.7. The Balaban J connectivity index is 1.93. The van der Waals surface area contributed by atoms with E-state index < -0.39 is 17.5 Å². The first-order valence-electron chi connectivity index (χ1n) is 10.9. The second-order valence-corrected chi connectivity index (χ2v) is 9.74. The van der Waals surface area contributed by atoms with E-state index >= 15 is 0 Å². The third-order valence-corrected chi connectivity index (χ3v) is 8.09. The number of hydrogen-bond acceptors (Lipinski definition) is 5. The summed E-state index contributed by atoms with van der Waals surface area (Å²) in [6.07, 6.45) is 6.49. The molecule has 0 spiro atoms. The molecule has 0 unspecified atom stereocenters. The number of aliphatic hydroxyl groups excluding tert-OH is 1. The predicted molar refractivity (Wildman–Crippen MR) is 114 cm³/mol. The summed E-state index contributed by atoms with van der Waals surface area (Å²) in [4.78, 5) is 35.9. The number of carboxylic acids is 1. The Kier molecular flexibility index (Phi) is 5.99. The number of carbonyl (C=O) groups is 3. The van der Waals surface area contributed by atoms with Gasteiger partial charge in [-0.3, -0.25) is 14.4 Å². The molecule has 0 radical (unpaired) electrons. The van der Waals surface area contributed by atoms with E-state index in [1.54, 1.807) is 0 Å². The summed E-state index contributed by atoms with van der Waals surface area (Å²) < 4.78 is 0. The Bertz CT molecular complexity index is 854. The van der Waals surface area contributed by atoms with Crippen LogP contribution in [0, 0.1) is 22.7 Å². The average Bonchev–Trinajstić information content (AvgIpc) is 2.68. The van der Waals surface area contributed by atoms with Gasteiger partial charge in [0, 0.05) is 18.2 Å². The fourth-order valence-corrected chi connectivity index (χ4v) is 5.93. The highest BCUT2D eigenvalue weighted by atomic mass is 16.4. The number of aliphatic carboxylic acids is 1.